The van der Waals surface area contributed by atoms with Crippen LogP contribution in [0.1, 0.15) is 51.4 Å². The van der Waals surface area contributed by atoms with Crippen molar-refractivity contribution in [3.63, 3.8) is 0 Å². The lowest BCUT2D eigenvalue weighted by Gasteiger charge is -2.33. The molecule has 2 heterocycles. The molecule has 1 fully saturated rings. The Labute approximate surface area is 154 Å². The maximum atomic E-state index is 14.4. The van der Waals surface area contributed by atoms with Gasteiger partial charge in [-0.15, -0.1) is 0 Å². The molecule has 7 heteroatoms. The number of aromatic nitrogens is 4. The molecule has 0 saturated heterocycles. The quantitative estimate of drug-likeness (QED) is 0.882. The molecule has 1 saturated carbocycles. The van der Waals surface area contributed by atoms with Gasteiger partial charge in [-0.2, -0.15) is 0 Å². The monoisotopic (exact) mass is 360 g/mol. The van der Waals surface area contributed by atoms with Gasteiger partial charge in [-0.05, 0) is 60.5 Å². The van der Waals surface area contributed by atoms with Crippen molar-refractivity contribution >= 4 is 5.95 Å². The minimum absolute atomic E-state index is 0.180. The average molecular weight is 360 g/mol. The first-order chi connectivity index (χ1) is 12.4. The molecule has 2 aromatic heterocycles. The van der Waals surface area contributed by atoms with Crippen LogP contribution in [-0.2, 0) is 0 Å². The number of nitrogens with zero attached hydrogens (tertiary/aromatic N) is 5. The van der Waals surface area contributed by atoms with E-state index in [4.69, 9.17) is 0 Å². The molecule has 1 aliphatic carbocycles. The maximum Gasteiger partial charge on any atom is 0.223 e. The molecule has 0 radical (unpaired) electrons. The molecule has 1 aliphatic rings. The van der Waals surface area contributed by atoms with Gasteiger partial charge in [0, 0.05) is 18.1 Å². The van der Waals surface area contributed by atoms with Crippen molar-refractivity contribution in [2.45, 2.75) is 64.6 Å². The molecule has 0 atom stereocenters. The average Bonchev–Trinajstić information content (AvgIpc) is 2.98. The first-order valence-corrected chi connectivity index (χ1v) is 9.36. The molecule has 0 bridgehead atoms. The van der Waals surface area contributed by atoms with E-state index in [1.165, 1.54) is 6.20 Å². The Bertz CT molecular complexity index is 746. The van der Waals surface area contributed by atoms with Crippen molar-refractivity contribution in [1.29, 1.82) is 0 Å². The second kappa shape index (κ2) is 7.70. The minimum atomic E-state index is -0.423. The van der Waals surface area contributed by atoms with E-state index < -0.39 is 5.82 Å². The summed E-state index contributed by atoms with van der Waals surface area (Å²) in [4.78, 5) is 15.3. The summed E-state index contributed by atoms with van der Waals surface area (Å²) in [5.74, 6) is 0.919. The van der Waals surface area contributed by atoms with Crippen molar-refractivity contribution in [3.05, 3.63) is 24.0 Å². The van der Waals surface area contributed by atoms with E-state index in [9.17, 15) is 4.39 Å². The molecule has 0 aromatic carbocycles. The third-order valence-electron chi connectivity index (χ3n) is 5.25. The van der Waals surface area contributed by atoms with E-state index >= 15 is 0 Å². The summed E-state index contributed by atoms with van der Waals surface area (Å²) >= 11 is 0. The van der Waals surface area contributed by atoms with Crippen LogP contribution < -0.4 is 5.32 Å². The fourth-order valence-electron chi connectivity index (χ4n) is 3.82. The van der Waals surface area contributed by atoms with Crippen molar-refractivity contribution in [2.75, 3.05) is 19.4 Å². The molecular formula is C19H29FN6. The van der Waals surface area contributed by atoms with Gasteiger partial charge < -0.3 is 14.8 Å². The van der Waals surface area contributed by atoms with E-state index in [1.54, 1.807) is 6.20 Å². The van der Waals surface area contributed by atoms with Crippen molar-refractivity contribution < 1.29 is 4.39 Å². The van der Waals surface area contributed by atoms with Crippen molar-refractivity contribution in [3.8, 4) is 11.4 Å². The van der Waals surface area contributed by atoms with Crippen LogP contribution in [-0.4, -0.2) is 50.6 Å². The Kier molecular flexibility index (Phi) is 5.55. The minimum Gasteiger partial charge on any atom is -0.351 e. The summed E-state index contributed by atoms with van der Waals surface area (Å²) in [5, 5.41) is 3.40. The van der Waals surface area contributed by atoms with Gasteiger partial charge in [0.15, 0.2) is 5.82 Å². The summed E-state index contributed by atoms with van der Waals surface area (Å²) in [7, 11) is 4.27. The van der Waals surface area contributed by atoms with E-state index in [2.05, 4.69) is 53.1 Å². The summed E-state index contributed by atoms with van der Waals surface area (Å²) in [6.45, 7) is 6.03. The number of nitrogens with one attached hydrogen (secondary N) is 1. The Morgan fingerprint density at radius 3 is 2.46 bits per heavy atom. The van der Waals surface area contributed by atoms with Gasteiger partial charge in [0.05, 0.1) is 18.1 Å². The molecular weight excluding hydrogens is 331 g/mol. The largest absolute Gasteiger partial charge is 0.351 e. The van der Waals surface area contributed by atoms with Crippen LogP contribution in [0.5, 0.6) is 0 Å². The maximum absolute atomic E-state index is 14.4. The highest BCUT2D eigenvalue weighted by molar-refractivity contribution is 5.57. The lowest BCUT2D eigenvalue weighted by Crippen LogP contribution is -2.36. The van der Waals surface area contributed by atoms with Crippen molar-refractivity contribution in [2.24, 2.45) is 0 Å². The predicted octanol–water partition coefficient (Wildman–Crippen LogP) is 3.65. The van der Waals surface area contributed by atoms with Gasteiger partial charge in [0.1, 0.15) is 11.5 Å². The lowest BCUT2D eigenvalue weighted by molar-refractivity contribution is 0.221. The number of imidazole rings is 1. The number of anilines is 1. The number of aryl methyl sites for hydroxylation is 1. The highest BCUT2D eigenvalue weighted by Gasteiger charge is 2.24. The van der Waals surface area contributed by atoms with Crippen LogP contribution in [0.15, 0.2) is 12.4 Å². The molecule has 0 aliphatic heterocycles. The summed E-state index contributed by atoms with van der Waals surface area (Å²) in [6.07, 6.45) is 7.38. The van der Waals surface area contributed by atoms with Crippen LogP contribution >= 0.6 is 0 Å². The first kappa shape index (κ1) is 18.8. The van der Waals surface area contributed by atoms with Gasteiger partial charge in [0.2, 0.25) is 5.95 Å². The van der Waals surface area contributed by atoms with Crippen LogP contribution in [0.25, 0.3) is 11.4 Å². The normalized spacial score (nSPS) is 20.8. The second-order valence-corrected chi connectivity index (χ2v) is 7.66. The number of rotatable bonds is 5. The van der Waals surface area contributed by atoms with Gasteiger partial charge in [0.25, 0.3) is 0 Å². The molecule has 0 spiro atoms. The standard InChI is InChI=1S/C19H29FN6/c1-12(2)26-13(3)21-11-17(26)18-16(20)10-22-19(24-18)23-14-6-8-15(9-7-14)25(4)5/h10-12,14-15H,6-9H2,1-5H3,(H,22,23,24)/t14-,15-. The zero-order valence-electron chi connectivity index (χ0n) is 16.3. The zero-order chi connectivity index (χ0) is 18.8. The highest BCUT2D eigenvalue weighted by Crippen LogP contribution is 2.27. The summed E-state index contributed by atoms with van der Waals surface area (Å²) in [6, 6.07) is 1.15. The predicted molar refractivity (Wildman–Crippen MR) is 102 cm³/mol. The van der Waals surface area contributed by atoms with Gasteiger partial charge in [-0.1, -0.05) is 0 Å². The molecule has 0 amide bonds. The summed E-state index contributed by atoms with van der Waals surface area (Å²) < 4.78 is 16.4. The molecule has 142 valence electrons. The third-order valence-corrected chi connectivity index (χ3v) is 5.25. The van der Waals surface area contributed by atoms with Crippen LogP contribution in [0, 0.1) is 12.7 Å². The van der Waals surface area contributed by atoms with E-state index in [1.807, 2.05) is 11.5 Å². The Morgan fingerprint density at radius 1 is 1.15 bits per heavy atom. The van der Waals surface area contributed by atoms with E-state index in [0.717, 1.165) is 31.5 Å². The molecule has 1 N–H and O–H groups in total. The van der Waals surface area contributed by atoms with Crippen LogP contribution in [0.2, 0.25) is 0 Å². The molecule has 26 heavy (non-hydrogen) atoms. The third kappa shape index (κ3) is 3.87. The number of hydrogen-bond acceptors (Lipinski definition) is 5. The molecule has 3 rings (SSSR count). The second-order valence-electron chi connectivity index (χ2n) is 7.66. The lowest BCUT2D eigenvalue weighted by atomic mass is 9.91. The Hall–Kier alpha value is -2.02. The fourth-order valence-corrected chi connectivity index (χ4v) is 3.82. The first-order valence-electron chi connectivity index (χ1n) is 9.36. The molecule has 2 aromatic rings. The molecule has 0 unspecified atom stereocenters. The van der Waals surface area contributed by atoms with Crippen molar-refractivity contribution in [1.82, 2.24) is 24.4 Å². The van der Waals surface area contributed by atoms with Crippen LogP contribution in [0.3, 0.4) is 0 Å². The van der Waals surface area contributed by atoms with Gasteiger partial charge >= 0.3 is 0 Å². The number of hydrogen-bond donors (Lipinski definition) is 1. The SMILES string of the molecule is Cc1ncc(-c2nc(N[C@H]3CC[C@H](N(C)C)CC3)ncc2F)n1C(C)C. The number of halogens is 1. The van der Waals surface area contributed by atoms with Gasteiger partial charge in [-0.3, -0.25) is 0 Å². The van der Waals surface area contributed by atoms with E-state index in [-0.39, 0.29) is 6.04 Å². The van der Waals surface area contributed by atoms with Crippen LogP contribution in [0.4, 0.5) is 10.3 Å². The highest BCUT2D eigenvalue weighted by atomic mass is 19.1. The summed E-state index contributed by atoms with van der Waals surface area (Å²) in [5.41, 5.74) is 0.996. The van der Waals surface area contributed by atoms with Gasteiger partial charge in [-0.25, -0.2) is 19.3 Å². The Balaban J connectivity index is 1.79. The fraction of sp³-hybridized carbons (Fsp3) is 0.632. The topological polar surface area (TPSA) is 58.9 Å². The Morgan fingerprint density at radius 2 is 1.85 bits per heavy atom. The smallest absolute Gasteiger partial charge is 0.223 e. The zero-order valence-corrected chi connectivity index (χ0v) is 16.3. The molecule has 6 nitrogen and oxygen atoms in total. The van der Waals surface area contributed by atoms with E-state index in [0.29, 0.717) is 29.4 Å².